The molecule has 1 saturated heterocycles. The Kier molecular flexibility index (Phi) is 5.18. The van der Waals surface area contributed by atoms with Gasteiger partial charge in [0.1, 0.15) is 11.6 Å². The average molecular weight is 327 g/mol. The van der Waals surface area contributed by atoms with Crippen LogP contribution in [-0.4, -0.2) is 40.6 Å². The van der Waals surface area contributed by atoms with E-state index in [-0.39, 0.29) is 5.91 Å². The lowest BCUT2D eigenvalue weighted by molar-refractivity contribution is 0.0679. The predicted octanol–water partition coefficient (Wildman–Crippen LogP) is 3.01. The number of methoxy groups -OCH3 is 1. The molecular formula is C19H25N3O2. The summed E-state index contributed by atoms with van der Waals surface area (Å²) >= 11 is 0. The smallest absolute Gasteiger partial charge is 0.257 e. The van der Waals surface area contributed by atoms with Crippen LogP contribution in [0.2, 0.25) is 0 Å². The molecule has 1 fully saturated rings. The number of piperidine rings is 1. The van der Waals surface area contributed by atoms with Gasteiger partial charge >= 0.3 is 0 Å². The summed E-state index contributed by atoms with van der Waals surface area (Å²) in [5, 5.41) is 0. The quantitative estimate of drug-likeness (QED) is 0.848. The van der Waals surface area contributed by atoms with E-state index >= 15 is 0 Å². The molecule has 5 heteroatoms. The predicted molar refractivity (Wildman–Crippen MR) is 93.2 cm³/mol. The van der Waals surface area contributed by atoms with Crippen molar-refractivity contribution in [2.45, 2.75) is 32.7 Å². The van der Waals surface area contributed by atoms with Gasteiger partial charge in [0.2, 0.25) is 0 Å². The third kappa shape index (κ3) is 3.45. The van der Waals surface area contributed by atoms with Crippen molar-refractivity contribution < 1.29 is 9.53 Å². The van der Waals surface area contributed by atoms with E-state index in [1.165, 1.54) is 0 Å². The van der Waals surface area contributed by atoms with Gasteiger partial charge in [-0.05, 0) is 30.9 Å². The summed E-state index contributed by atoms with van der Waals surface area (Å²) in [6, 6.07) is 7.45. The van der Waals surface area contributed by atoms with Gasteiger partial charge in [-0.2, -0.15) is 0 Å². The number of likely N-dealkylation sites (tertiary alicyclic amines) is 1. The maximum Gasteiger partial charge on any atom is 0.257 e. The molecule has 0 bridgehead atoms. The van der Waals surface area contributed by atoms with Crippen LogP contribution in [0.5, 0.6) is 5.75 Å². The molecule has 24 heavy (non-hydrogen) atoms. The molecule has 0 saturated carbocycles. The molecule has 0 spiro atoms. The number of imidazole rings is 1. The molecule has 2 heterocycles. The summed E-state index contributed by atoms with van der Waals surface area (Å²) in [4.78, 5) is 19.1. The third-order valence-electron chi connectivity index (χ3n) is 4.81. The molecule has 0 N–H and O–H groups in total. The Balaban J connectivity index is 1.59. The van der Waals surface area contributed by atoms with Crippen molar-refractivity contribution in [3.8, 4) is 5.75 Å². The normalized spacial score (nSPS) is 15.5. The number of rotatable bonds is 5. The molecule has 3 rings (SSSR count). The van der Waals surface area contributed by atoms with E-state index in [1.54, 1.807) is 7.11 Å². The van der Waals surface area contributed by atoms with Gasteiger partial charge in [0.15, 0.2) is 0 Å². The number of ether oxygens (including phenoxy) is 1. The first-order valence-electron chi connectivity index (χ1n) is 8.65. The SMILES string of the molecule is CCc1nccn1CC1CCN(C(=O)c2ccccc2OC)CC1. The maximum absolute atomic E-state index is 12.7. The summed E-state index contributed by atoms with van der Waals surface area (Å²) < 4.78 is 7.57. The highest BCUT2D eigenvalue weighted by Gasteiger charge is 2.25. The molecule has 1 aromatic carbocycles. The van der Waals surface area contributed by atoms with Gasteiger partial charge in [0, 0.05) is 38.4 Å². The second kappa shape index (κ2) is 7.51. The molecule has 1 aromatic heterocycles. The van der Waals surface area contributed by atoms with Crippen LogP contribution in [0.3, 0.4) is 0 Å². The summed E-state index contributed by atoms with van der Waals surface area (Å²) in [5.74, 6) is 2.46. The van der Waals surface area contributed by atoms with E-state index in [1.807, 2.05) is 35.4 Å². The minimum Gasteiger partial charge on any atom is -0.496 e. The largest absolute Gasteiger partial charge is 0.496 e. The van der Waals surface area contributed by atoms with Crippen molar-refractivity contribution in [3.63, 3.8) is 0 Å². The molecule has 0 aliphatic carbocycles. The minimum atomic E-state index is 0.0720. The Morgan fingerprint density at radius 3 is 2.75 bits per heavy atom. The van der Waals surface area contributed by atoms with E-state index in [2.05, 4.69) is 22.7 Å². The Bertz CT molecular complexity index is 687. The number of aryl methyl sites for hydroxylation is 1. The van der Waals surface area contributed by atoms with E-state index in [4.69, 9.17) is 4.74 Å². The summed E-state index contributed by atoms with van der Waals surface area (Å²) in [7, 11) is 1.61. The first-order chi connectivity index (χ1) is 11.7. The van der Waals surface area contributed by atoms with E-state index in [9.17, 15) is 4.79 Å². The van der Waals surface area contributed by atoms with Gasteiger partial charge in [0.25, 0.3) is 5.91 Å². The number of para-hydroxylation sites is 1. The zero-order valence-electron chi connectivity index (χ0n) is 14.4. The molecule has 1 aliphatic heterocycles. The second-order valence-electron chi connectivity index (χ2n) is 6.29. The molecule has 128 valence electrons. The lowest BCUT2D eigenvalue weighted by Gasteiger charge is -2.32. The number of carbonyl (C=O) groups is 1. The van der Waals surface area contributed by atoms with Gasteiger partial charge in [-0.3, -0.25) is 4.79 Å². The Morgan fingerprint density at radius 1 is 1.29 bits per heavy atom. The molecule has 0 radical (unpaired) electrons. The molecule has 1 aliphatic rings. The number of carbonyl (C=O) groups excluding carboxylic acids is 1. The molecular weight excluding hydrogens is 302 g/mol. The van der Waals surface area contributed by atoms with Crippen molar-refractivity contribution >= 4 is 5.91 Å². The Hall–Kier alpha value is -2.30. The van der Waals surface area contributed by atoms with Crippen molar-refractivity contribution in [1.29, 1.82) is 0 Å². The summed E-state index contributed by atoms with van der Waals surface area (Å²) in [5.41, 5.74) is 0.654. The molecule has 0 atom stereocenters. The first-order valence-corrected chi connectivity index (χ1v) is 8.65. The van der Waals surface area contributed by atoms with Crippen LogP contribution in [-0.2, 0) is 13.0 Å². The number of benzene rings is 1. The van der Waals surface area contributed by atoms with Crippen molar-refractivity contribution in [2.75, 3.05) is 20.2 Å². The summed E-state index contributed by atoms with van der Waals surface area (Å²) in [6.07, 6.45) is 6.95. The number of hydrogen-bond donors (Lipinski definition) is 0. The average Bonchev–Trinajstić information content (AvgIpc) is 3.09. The highest BCUT2D eigenvalue weighted by molar-refractivity contribution is 5.97. The Labute approximate surface area is 143 Å². The van der Waals surface area contributed by atoms with Gasteiger partial charge < -0.3 is 14.2 Å². The number of nitrogens with zero attached hydrogens (tertiary/aromatic N) is 3. The highest BCUT2D eigenvalue weighted by Crippen LogP contribution is 2.24. The van der Waals surface area contributed by atoms with Crippen LogP contribution in [0.4, 0.5) is 0 Å². The first kappa shape index (κ1) is 16.6. The van der Waals surface area contributed by atoms with Crippen LogP contribution < -0.4 is 4.74 Å². The highest BCUT2D eigenvalue weighted by atomic mass is 16.5. The van der Waals surface area contributed by atoms with E-state index in [0.29, 0.717) is 17.2 Å². The fourth-order valence-corrected chi connectivity index (χ4v) is 3.41. The fourth-order valence-electron chi connectivity index (χ4n) is 3.41. The zero-order chi connectivity index (χ0) is 16.9. The van der Waals surface area contributed by atoms with Gasteiger partial charge in [-0.15, -0.1) is 0 Å². The third-order valence-corrected chi connectivity index (χ3v) is 4.81. The van der Waals surface area contributed by atoms with Gasteiger partial charge in [0.05, 0.1) is 12.7 Å². The zero-order valence-corrected chi connectivity index (χ0v) is 14.4. The van der Waals surface area contributed by atoms with Crippen LogP contribution >= 0.6 is 0 Å². The van der Waals surface area contributed by atoms with Crippen molar-refractivity contribution in [3.05, 3.63) is 48.0 Å². The monoisotopic (exact) mass is 327 g/mol. The van der Waals surface area contributed by atoms with E-state index < -0.39 is 0 Å². The number of hydrogen-bond acceptors (Lipinski definition) is 3. The van der Waals surface area contributed by atoms with Crippen LogP contribution in [0.1, 0.15) is 35.9 Å². The van der Waals surface area contributed by atoms with Crippen LogP contribution in [0.15, 0.2) is 36.7 Å². The molecule has 1 amide bonds. The lowest BCUT2D eigenvalue weighted by atomic mass is 9.96. The second-order valence-corrected chi connectivity index (χ2v) is 6.29. The van der Waals surface area contributed by atoms with Gasteiger partial charge in [-0.25, -0.2) is 4.98 Å². The standard InChI is InChI=1S/C19H25N3O2/c1-3-18-20-10-13-22(18)14-15-8-11-21(12-9-15)19(23)16-6-4-5-7-17(16)24-2/h4-7,10,13,15H,3,8-9,11-12,14H2,1-2H3. The number of aromatic nitrogens is 2. The van der Waals surface area contributed by atoms with Gasteiger partial charge in [-0.1, -0.05) is 19.1 Å². The minimum absolute atomic E-state index is 0.0720. The molecule has 5 nitrogen and oxygen atoms in total. The van der Waals surface area contributed by atoms with Crippen molar-refractivity contribution in [2.24, 2.45) is 5.92 Å². The maximum atomic E-state index is 12.7. The lowest BCUT2D eigenvalue weighted by Crippen LogP contribution is -2.39. The Morgan fingerprint density at radius 2 is 2.04 bits per heavy atom. The van der Waals surface area contributed by atoms with Crippen LogP contribution in [0.25, 0.3) is 0 Å². The van der Waals surface area contributed by atoms with Crippen molar-refractivity contribution in [1.82, 2.24) is 14.5 Å². The summed E-state index contributed by atoms with van der Waals surface area (Å²) in [6.45, 7) is 4.74. The number of amides is 1. The molecule has 2 aromatic rings. The van der Waals surface area contributed by atoms with Crippen LogP contribution in [0, 0.1) is 5.92 Å². The topological polar surface area (TPSA) is 47.4 Å². The molecule has 0 unspecified atom stereocenters. The van der Waals surface area contributed by atoms with E-state index in [0.717, 1.165) is 44.7 Å². The fraction of sp³-hybridized carbons (Fsp3) is 0.474.